The van der Waals surface area contributed by atoms with Crippen LogP contribution in [-0.4, -0.2) is 31.1 Å². The minimum Gasteiger partial charge on any atom is -0.381 e. The van der Waals surface area contributed by atoms with Crippen molar-refractivity contribution in [3.8, 4) is 0 Å². The molecule has 15 heavy (non-hydrogen) atoms. The van der Waals surface area contributed by atoms with Crippen molar-refractivity contribution in [2.45, 2.75) is 12.5 Å². The van der Waals surface area contributed by atoms with E-state index in [2.05, 4.69) is 33.2 Å². The smallest absolute Gasteiger partial charge is 0.0568 e. The fourth-order valence-corrected chi connectivity index (χ4v) is 2.30. The second-order valence-corrected chi connectivity index (χ2v) is 5.28. The van der Waals surface area contributed by atoms with Gasteiger partial charge in [-0.05, 0) is 54.1 Å². The molecule has 1 aromatic carbocycles. The Hall–Kier alpha value is -0.250. The molecule has 2 rings (SSSR count). The molecule has 1 fully saturated rings. The summed E-state index contributed by atoms with van der Waals surface area (Å²) in [4.78, 5) is 2.33. The molecule has 1 aliphatic rings. The molecule has 0 spiro atoms. The number of likely N-dealkylation sites (tertiary alicyclic amines) is 1. The Kier molecular flexibility index (Phi) is 3.54. The van der Waals surface area contributed by atoms with Crippen molar-refractivity contribution < 1.29 is 0 Å². The lowest BCUT2D eigenvalue weighted by molar-refractivity contribution is 0.414. The molecule has 1 aliphatic heterocycles. The second-order valence-electron chi connectivity index (χ2n) is 4.02. The van der Waals surface area contributed by atoms with Crippen LogP contribution in [0, 0.1) is 0 Å². The number of nitrogens with zero attached hydrogens (tertiary/aromatic N) is 1. The summed E-state index contributed by atoms with van der Waals surface area (Å²) in [5.41, 5.74) is 1.10. The van der Waals surface area contributed by atoms with E-state index >= 15 is 0 Å². The maximum atomic E-state index is 6.03. The van der Waals surface area contributed by atoms with E-state index in [1.807, 2.05) is 18.2 Å². The van der Waals surface area contributed by atoms with Crippen molar-refractivity contribution in [2.75, 3.05) is 25.5 Å². The lowest BCUT2D eigenvalue weighted by Gasteiger charge is -2.14. The molecule has 1 saturated heterocycles. The number of likely N-dealkylation sites (N-methyl/N-ethyl adjacent to an activating group) is 1. The number of anilines is 1. The summed E-state index contributed by atoms with van der Waals surface area (Å²) in [6.07, 6.45) is 1.20. The first kappa shape index (κ1) is 11.2. The highest BCUT2D eigenvalue weighted by molar-refractivity contribution is 9.10. The van der Waals surface area contributed by atoms with Crippen molar-refractivity contribution in [3.05, 3.63) is 27.7 Å². The average Bonchev–Trinajstić information content (AvgIpc) is 2.58. The fraction of sp³-hybridized carbons (Fsp3) is 0.455. The summed E-state index contributed by atoms with van der Waals surface area (Å²) in [6.45, 7) is 2.27. The van der Waals surface area contributed by atoms with E-state index in [-0.39, 0.29) is 0 Å². The van der Waals surface area contributed by atoms with Crippen molar-refractivity contribution in [3.63, 3.8) is 0 Å². The lowest BCUT2D eigenvalue weighted by Crippen LogP contribution is -2.23. The summed E-state index contributed by atoms with van der Waals surface area (Å²) >= 11 is 9.41. The third kappa shape index (κ3) is 2.86. The molecule has 1 N–H and O–H groups in total. The topological polar surface area (TPSA) is 15.3 Å². The fourth-order valence-electron chi connectivity index (χ4n) is 1.87. The van der Waals surface area contributed by atoms with E-state index in [0.29, 0.717) is 6.04 Å². The minimum absolute atomic E-state index is 0.548. The molecule has 1 atom stereocenters. The van der Waals surface area contributed by atoms with Crippen LogP contribution in [0.25, 0.3) is 0 Å². The average molecular weight is 290 g/mol. The number of rotatable bonds is 2. The Morgan fingerprint density at radius 2 is 2.33 bits per heavy atom. The first-order valence-corrected chi connectivity index (χ1v) is 6.22. The molecule has 82 valence electrons. The highest BCUT2D eigenvalue weighted by Gasteiger charge is 2.18. The molecule has 0 bridgehead atoms. The summed E-state index contributed by atoms with van der Waals surface area (Å²) in [7, 11) is 2.15. The third-order valence-electron chi connectivity index (χ3n) is 2.68. The molecule has 0 aromatic heterocycles. The molecule has 0 radical (unpaired) electrons. The van der Waals surface area contributed by atoms with Gasteiger partial charge >= 0.3 is 0 Å². The van der Waals surface area contributed by atoms with E-state index in [1.54, 1.807) is 0 Å². The van der Waals surface area contributed by atoms with Crippen LogP contribution in [0.4, 0.5) is 5.69 Å². The number of hydrogen-bond donors (Lipinski definition) is 1. The molecular weight excluding hydrogens is 275 g/mol. The van der Waals surface area contributed by atoms with Crippen LogP contribution in [0.1, 0.15) is 6.42 Å². The van der Waals surface area contributed by atoms with Gasteiger partial charge in [0, 0.05) is 22.7 Å². The van der Waals surface area contributed by atoms with Gasteiger partial charge in [-0.2, -0.15) is 0 Å². The summed E-state index contributed by atoms with van der Waals surface area (Å²) in [6, 6.07) is 6.54. The molecule has 0 aliphatic carbocycles. The molecule has 0 amide bonds. The van der Waals surface area contributed by atoms with Gasteiger partial charge in [0.1, 0.15) is 0 Å². The Morgan fingerprint density at radius 1 is 1.53 bits per heavy atom. The van der Waals surface area contributed by atoms with Crippen LogP contribution >= 0.6 is 27.5 Å². The summed E-state index contributed by atoms with van der Waals surface area (Å²) < 4.78 is 0.943. The van der Waals surface area contributed by atoms with Gasteiger partial charge in [-0.25, -0.2) is 0 Å². The van der Waals surface area contributed by atoms with Crippen LogP contribution in [-0.2, 0) is 0 Å². The van der Waals surface area contributed by atoms with E-state index < -0.39 is 0 Å². The normalized spacial score (nSPS) is 21.9. The maximum absolute atomic E-state index is 6.03. The van der Waals surface area contributed by atoms with Gasteiger partial charge < -0.3 is 10.2 Å². The largest absolute Gasteiger partial charge is 0.381 e. The highest BCUT2D eigenvalue weighted by Crippen LogP contribution is 2.26. The number of nitrogens with one attached hydrogen (secondary N) is 1. The van der Waals surface area contributed by atoms with Gasteiger partial charge in [0.15, 0.2) is 0 Å². The predicted molar refractivity (Wildman–Crippen MR) is 68.7 cm³/mol. The van der Waals surface area contributed by atoms with E-state index in [1.165, 1.54) is 13.0 Å². The quantitative estimate of drug-likeness (QED) is 0.899. The molecule has 1 unspecified atom stereocenters. The standard InChI is InChI=1S/C11H14BrClN2/c1-15-5-4-9(7-15)14-8-2-3-10(12)11(13)6-8/h2-3,6,9,14H,4-5,7H2,1H3. The van der Waals surface area contributed by atoms with Crippen LogP contribution in [0.15, 0.2) is 22.7 Å². The lowest BCUT2D eigenvalue weighted by atomic mass is 10.2. The Morgan fingerprint density at radius 3 is 2.93 bits per heavy atom. The molecule has 2 nitrogen and oxygen atoms in total. The number of benzene rings is 1. The first-order chi connectivity index (χ1) is 7.15. The van der Waals surface area contributed by atoms with Crippen molar-refractivity contribution in [1.82, 2.24) is 4.90 Å². The SMILES string of the molecule is CN1CCC(Nc2ccc(Br)c(Cl)c2)C1. The highest BCUT2D eigenvalue weighted by atomic mass is 79.9. The molecule has 4 heteroatoms. The maximum Gasteiger partial charge on any atom is 0.0568 e. The monoisotopic (exact) mass is 288 g/mol. The number of halogens is 2. The van der Waals surface area contributed by atoms with Gasteiger partial charge in [-0.3, -0.25) is 0 Å². The van der Waals surface area contributed by atoms with Crippen LogP contribution in [0.5, 0.6) is 0 Å². The Labute approximate surface area is 104 Å². The molecule has 1 aromatic rings. The second kappa shape index (κ2) is 4.73. The minimum atomic E-state index is 0.548. The molecule has 1 heterocycles. The first-order valence-electron chi connectivity index (χ1n) is 5.05. The zero-order valence-corrected chi connectivity index (χ0v) is 11.0. The van der Waals surface area contributed by atoms with Gasteiger partial charge in [-0.1, -0.05) is 11.6 Å². The summed E-state index contributed by atoms with van der Waals surface area (Å²) in [5, 5.41) is 4.25. The zero-order valence-electron chi connectivity index (χ0n) is 8.63. The predicted octanol–water partition coefficient (Wildman–Crippen LogP) is 3.22. The van der Waals surface area contributed by atoms with Gasteiger partial charge in [0.25, 0.3) is 0 Å². The van der Waals surface area contributed by atoms with E-state index in [0.717, 1.165) is 21.7 Å². The van der Waals surface area contributed by atoms with Crippen molar-refractivity contribution in [2.24, 2.45) is 0 Å². The number of hydrogen-bond acceptors (Lipinski definition) is 2. The van der Waals surface area contributed by atoms with Crippen LogP contribution < -0.4 is 5.32 Å². The van der Waals surface area contributed by atoms with Crippen LogP contribution in [0.2, 0.25) is 5.02 Å². The third-order valence-corrected chi connectivity index (χ3v) is 3.91. The molecular formula is C11H14BrClN2. The van der Waals surface area contributed by atoms with Crippen LogP contribution in [0.3, 0.4) is 0 Å². The Bertz CT molecular complexity index is 356. The van der Waals surface area contributed by atoms with E-state index in [4.69, 9.17) is 11.6 Å². The van der Waals surface area contributed by atoms with Crippen molar-refractivity contribution in [1.29, 1.82) is 0 Å². The zero-order chi connectivity index (χ0) is 10.8. The van der Waals surface area contributed by atoms with Gasteiger partial charge in [-0.15, -0.1) is 0 Å². The van der Waals surface area contributed by atoms with Gasteiger partial charge in [0.05, 0.1) is 5.02 Å². The van der Waals surface area contributed by atoms with Crippen molar-refractivity contribution >= 4 is 33.2 Å². The summed E-state index contributed by atoms with van der Waals surface area (Å²) in [5.74, 6) is 0. The Balaban J connectivity index is 2.02. The van der Waals surface area contributed by atoms with Gasteiger partial charge in [0.2, 0.25) is 0 Å². The molecule has 0 saturated carbocycles. The van der Waals surface area contributed by atoms with E-state index in [9.17, 15) is 0 Å².